The predicted octanol–water partition coefficient (Wildman–Crippen LogP) is 4.47. The summed E-state index contributed by atoms with van der Waals surface area (Å²) >= 11 is 0. The van der Waals surface area contributed by atoms with E-state index < -0.39 is 0 Å². The smallest absolute Gasteiger partial charge is 0.253 e. The SMILES string of the molecule is CN(CC(=O)NCc1ccc(C(=O)N2CCCC2)cc1)c1ccccc1Oc1ccccc1. The van der Waals surface area contributed by atoms with Crippen LogP contribution < -0.4 is 15.0 Å². The second-order valence-corrected chi connectivity index (χ2v) is 8.21. The Kier molecular flexibility index (Phi) is 7.25. The lowest BCUT2D eigenvalue weighted by molar-refractivity contribution is -0.119. The summed E-state index contributed by atoms with van der Waals surface area (Å²) in [4.78, 5) is 28.8. The Balaban J connectivity index is 1.31. The maximum absolute atomic E-state index is 12.6. The van der Waals surface area contributed by atoms with Crippen LogP contribution in [0.1, 0.15) is 28.8 Å². The molecule has 0 aliphatic carbocycles. The van der Waals surface area contributed by atoms with Crippen LogP contribution in [0.3, 0.4) is 0 Å². The average Bonchev–Trinajstić information content (AvgIpc) is 3.39. The van der Waals surface area contributed by atoms with Crippen molar-refractivity contribution in [3.63, 3.8) is 0 Å². The fourth-order valence-corrected chi connectivity index (χ4v) is 3.90. The van der Waals surface area contributed by atoms with Crippen molar-refractivity contribution >= 4 is 17.5 Å². The maximum atomic E-state index is 12.6. The van der Waals surface area contributed by atoms with E-state index in [0.717, 1.165) is 42.9 Å². The van der Waals surface area contributed by atoms with E-state index in [1.165, 1.54) is 0 Å². The van der Waals surface area contributed by atoms with E-state index in [9.17, 15) is 9.59 Å². The van der Waals surface area contributed by atoms with Crippen LogP contribution in [-0.2, 0) is 11.3 Å². The van der Waals surface area contributed by atoms with Gasteiger partial charge in [0.15, 0.2) is 5.75 Å². The molecule has 0 bridgehead atoms. The summed E-state index contributed by atoms with van der Waals surface area (Å²) in [5, 5.41) is 2.96. The van der Waals surface area contributed by atoms with E-state index in [1.54, 1.807) is 0 Å². The monoisotopic (exact) mass is 443 g/mol. The van der Waals surface area contributed by atoms with Gasteiger partial charge in [-0.15, -0.1) is 0 Å². The van der Waals surface area contributed by atoms with E-state index in [2.05, 4.69) is 5.32 Å². The number of rotatable bonds is 8. The number of likely N-dealkylation sites (N-methyl/N-ethyl adjacent to an activating group) is 1. The molecule has 0 spiro atoms. The summed E-state index contributed by atoms with van der Waals surface area (Å²) in [6.45, 7) is 2.28. The van der Waals surface area contributed by atoms with Crippen LogP contribution >= 0.6 is 0 Å². The Labute approximate surface area is 194 Å². The van der Waals surface area contributed by atoms with Crippen molar-refractivity contribution in [1.29, 1.82) is 0 Å². The van der Waals surface area contributed by atoms with Crippen LogP contribution in [0, 0.1) is 0 Å². The van der Waals surface area contributed by atoms with Crippen molar-refractivity contribution in [2.24, 2.45) is 0 Å². The highest BCUT2D eigenvalue weighted by molar-refractivity contribution is 5.94. The van der Waals surface area contributed by atoms with Gasteiger partial charge in [0, 0.05) is 32.2 Å². The number of nitrogens with one attached hydrogen (secondary N) is 1. The molecule has 6 heteroatoms. The van der Waals surface area contributed by atoms with Crippen molar-refractivity contribution in [2.45, 2.75) is 19.4 Å². The Bertz CT molecular complexity index is 1080. The molecule has 4 rings (SSSR count). The number of ether oxygens (including phenoxy) is 1. The summed E-state index contributed by atoms with van der Waals surface area (Å²) in [5.74, 6) is 1.43. The second kappa shape index (κ2) is 10.7. The van der Waals surface area contributed by atoms with Gasteiger partial charge in [-0.3, -0.25) is 9.59 Å². The molecular formula is C27H29N3O3. The standard InChI is InChI=1S/C27H29N3O3/c1-29(24-11-5-6-12-25(24)33-23-9-3-2-4-10-23)20-26(31)28-19-21-13-15-22(16-14-21)27(32)30-17-7-8-18-30/h2-6,9-16H,7-8,17-20H2,1H3,(H,28,31). The Hall–Kier alpha value is -3.80. The van der Waals surface area contributed by atoms with Gasteiger partial charge in [-0.25, -0.2) is 0 Å². The minimum atomic E-state index is -0.0933. The highest BCUT2D eigenvalue weighted by Crippen LogP contribution is 2.31. The number of hydrogen-bond donors (Lipinski definition) is 1. The van der Waals surface area contributed by atoms with E-state index >= 15 is 0 Å². The minimum absolute atomic E-state index is 0.0843. The van der Waals surface area contributed by atoms with Gasteiger partial charge < -0.3 is 19.9 Å². The number of anilines is 1. The van der Waals surface area contributed by atoms with Gasteiger partial charge >= 0.3 is 0 Å². The molecule has 1 saturated heterocycles. The summed E-state index contributed by atoms with van der Waals surface area (Å²) < 4.78 is 6.00. The number of nitrogens with zero attached hydrogens (tertiary/aromatic N) is 2. The molecule has 0 unspecified atom stereocenters. The Morgan fingerprint density at radius 2 is 1.58 bits per heavy atom. The van der Waals surface area contributed by atoms with Gasteiger partial charge in [0.05, 0.1) is 12.2 Å². The van der Waals surface area contributed by atoms with Gasteiger partial charge in [0.25, 0.3) is 5.91 Å². The molecule has 0 radical (unpaired) electrons. The minimum Gasteiger partial charge on any atom is -0.455 e. The molecule has 33 heavy (non-hydrogen) atoms. The van der Waals surface area contributed by atoms with Crippen molar-refractivity contribution in [2.75, 3.05) is 31.6 Å². The van der Waals surface area contributed by atoms with Gasteiger partial charge in [-0.1, -0.05) is 42.5 Å². The topological polar surface area (TPSA) is 61.9 Å². The molecule has 0 aromatic heterocycles. The zero-order chi connectivity index (χ0) is 23.0. The first-order valence-corrected chi connectivity index (χ1v) is 11.3. The number of carbonyl (C=O) groups excluding carboxylic acids is 2. The number of likely N-dealkylation sites (tertiary alicyclic amines) is 1. The Morgan fingerprint density at radius 1 is 0.909 bits per heavy atom. The van der Waals surface area contributed by atoms with Gasteiger partial charge in [-0.2, -0.15) is 0 Å². The molecule has 0 saturated carbocycles. The zero-order valence-electron chi connectivity index (χ0n) is 18.9. The van der Waals surface area contributed by atoms with Crippen LogP contribution in [0.5, 0.6) is 11.5 Å². The number of amides is 2. The summed E-state index contributed by atoms with van der Waals surface area (Å²) in [5.41, 5.74) is 2.49. The Morgan fingerprint density at radius 3 is 2.30 bits per heavy atom. The van der Waals surface area contributed by atoms with Crippen LogP contribution in [0.15, 0.2) is 78.9 Å². The van der Waals surface area contributed by atoms with E-state index in [1.807, 2.05) is 95.7 Å². The highest BCUT2D eigenvalue weighted by Gasteiger charge is 2.19. The predicted molar refractivity (Wildman–Crippen MR) is 130 cm³/mol. The molecular weight excluding hydrogens is 414 g/mol. The normalized spacial score (nSPS) is 12.9. The lowest BCUT2D eigenvalue weighted by Crippen LogP contribution is -2.35. The molecule has 3 aromatic rings. The van der Waals surface area contributed by atoms with Crippen LogP contribution in [0.25, 0.3) is 0 Å². The van der Waals surface area contributed by atoms with Gasteiger partial charge in [0.1, 0.15) is 5.75 Å². The fourth-order valence-electron chi connectivity index (χ4n) is 3.90. The third kappa shape index (κ3) is 5.92. The summed E-state index contributed by atoms with van der Waals surface area (Å²) in [6, 6.07) is 24.7. The molecule has 170 valence electrons. The fraction of sp³-hybridized carbons (Fsp3) is 0.259. The third-order valence-corrected chi connectivity index (χ3v) is 5.71. The van der Waals surface area contributed by atoms with Gasteiger partial charge in [0.2, 0.25) is 5.91 Å². The first kappa shape index (κ1) is 22.4. The molecule has 1 aliphatic rings. The first-order valence-electron chi connectivity index (χ1n) is 11.3. The number of para-hydroxylation sites is 3. The van der Waals surface area contributed by atoms with Crippen molar-refractivity contribution in [3.05, 3.63) is 90.0 Å². The molecule has 1 fully saturated rings. The maximum Gasteiger partial charge on any atom is 0.253 e. The van der Waals surface area contributed by atoms with Crippen LogP contribution in [0.2, 0.25) is 0 Å². The molecule has 1 heterocycles. The highest BCUT2D eigenvalue weighted by atomic mass is 16.5. The molecule has 3 aromatic carbocycles. The molecule has 2 amide bonds. The lowest BCUT2D eigenvalue weighted by atomic mass is 10.1. The number of carbonyl (C=O) groups is 2. The van der Waals surface area contributed by atoms with Gasteiger partial charge in [-0.05, 0) is 54.8 Å². The molecule has 0 atom stereocenters. The molecule has 1 N–H and O–H groups in total. The summed E-state index contributed by atoms with van der Waals surface area (Å²) in [7, 11) is 1.87. The van der Waals surface area contributed by atoms with E-state index in [4.69, 9.17) is 4.74 Å². The summed E-state index contributed by atoms with van der Waals surface area (Å²) in [6.07, 6.45) is 2.15. The van der Waals surface area contributed by atoms with E-state index in [0.29, 0.717) is 17.9 Å². The zero-order valence-corrected chi connectivity index (χ0v) is 18.9. The largest absolute Gasteiger partial charge is 0.455 e. The number of hydrogen-bond acceptors (Lipinski definition) is 4. The third-order valence-electron chi connectivity index (χ3n) is 5.71. The van der Waals surface area contributed by atoms with Crippen molar-refractivity contribution in [1.82, 2.24) is 10.2 Å². The average molecular weight is 444 g/mol. The molecule has 6 nitrogen and oxygen atoms in total. The lowest BCUT2D eigenvalue weighted by Gasteiger charge is -2.22. The second-order valence-electron chi connectivity index (χ2n) is 8.21. The number of benzene rings is 3. The van der Waals surface area contributed by atoms with E-state index in [-0.39, 0.29) is 18.4 Å². The first-order chi connectivity index (χ1) is 16.1. The van der Waals surface area contributed by atoms with Crippen LogP contribution in [-0.4, -0.2) is 43.4 Å². The van der Waals surface area contributed by atoms with Crippen molar-refractivity contribution < 1.29 is 14.3 Å². The quantitative estimate of drug-likeness (QED) is 0.558. The van der Waals surface area contributed by atoms with Crippen LogP contribution in [0.4, 0.5) is 5.69 Å². The molecule has 1 aliphatic heterocycles. The van der Waals surface area contributed by atoms with Crippen molar-refractivity contribution in [3.8, 4) is 11.5 Å².